The Morgan fingerprint density at radius 1 is 0.260 bits per heavy atom. The molecule has 0 spiro atoms. The van der Waals surface area contributed by atoms with E-state index in [9.17, 15) is 43.2 Å². The quantitative estimate of drug-likeness (QED) is 0.0222. The van der Waals surface area contributed by atoms with Crippen molar-refractivity contribution in [1.29, 1.82) is 0 Å². The van der Waals surface area contributed by atoms with Gasteiger partial charge in [0.05, 0.1) is 26.4 Å². The summed E-state index contributed by atoms with van der Waals surface area (Å²) in [6, 6.07) is 0. The molecule has 618 valence electrons. The summed E-state index contributed by atoms with van der Waals surface area (Å²) in [5, 5.41) is 10.7. The Kier molecular flexibility index (Phi) is 73.7. The molecule has 3 N–H and O–H groups in total. The van der Waals surface area contributed by atoms with Crippen LogP contribution in [0.4, 0.5) is 0 Å². The van der Waals surface area contributed by atoms with Crippen molar-refractivity contribution in [3.8, 4) is 0 Å². The van der Waals surface area contributed by atoms with Crippen LogP contribution in [0.15, 0.2) is 0 Å². The van der Waals surface area contributed by atoms with Gasteiger partial charge in [0, 0.05) is 25.7 Å². The molecule has 0 heterocycles. The monoisotopic (exact) mass is 1520 g/mol. The van der Waals surface area contributed by atoms with Gasteiger partial charge in [0.15, 0.2) is 12.2 Å². The van der Waals surface area contributed by atoms with E-state index in [1.54, 1.807) is 0 Å². The number of hydrogen-bond donors (Lipinski definition) is 3. The summed E-state index contributed by atoms with van der Waals surface area (Å²) in [4.78, 5) is 73.2. The highest BCUT2D eigenvalue weighted by atomic mass is 31.2. The van der Waals surface area contributed by atoms with Gasteiger partial charge in [0.2, 0.25) is 0 Å². The highest BCUT2D eigenvalue weighted by Crippen LogP contribution is 2.45. The zero-order valence-electron chi connectivity index (χ0n) is 68.5. The summed E-state index contributed by atoms with van der Waals surface area (Å²) in [6.07, 6.45) is 65.3. The van der Waals surface area contributed by atoms with Gasteiger partial charge in [0.25, 0.3) is 0 Å². The predicted octanol–water partition coefficient (Wildman–Crippen LogP) is 25.7. The molecule has 0 rings (SSSR count). The fourth-order valence-electron chi connectivity index (χ4n) is 13.2. The Hall–Kier alpha value is -1.94. The number of aliphatic hydroxyl groups excluding tert-OH is 1. The number of unbranched alkanes of at least 4 members (excludes halogenated alkanes) is 51. The van der Waals surface area contributed by atoms with Crippen molar-refractivity contribution in [3.63, 3.8) is 0 Å². The van der Waals surface area contributed by atoms with Crippen molar-refractivity contribution in [2.24, 2.45) is 17.8 Å². The fraction of sp³-hybridized carbons (Fsp3) is 0.953. The van der Waals surface area contributed by atoms with Crippen molar-refractivity contribution in [1.82, 2.24) is 0 Å². The number of carbonyl (C=O) groups is 4. The molecule has 0 aromatic heterocycles. The summed E-state index contributed by atoms with van der Waals surface area (Å²) in [5.41, 5.74) is 0. The molecule has 0 aromatic rings. The molecule has 19 heteroatoms. The Morgan fingerprint density at radius 3 is 0.654 bits per heavy atom. The lowest BCUT2D eigenvalue weighted by Crippen LogP contribution is -2.30. The average Bonchev–Trinajstić information content (AvgIpc) is 0.911. The number of phosphoric ester groups is 2. The molecule has 17 nitrogen and oxygen atoms in total. The van der Waals surface area contributed by atoms with E-state index in [-0.39, 0.29) is 25.7 Å². The maximum Gasteiger partial charge on any atom is 0.472 e. The highest BCUT2D eigenvalue weighted by molar-refractivity contribution is 7.47. The second-order valence-corrected chi connectivity index (χ2v) is 34.9. The van der Waals surface area contributed by atoms with Crippen LogP contribution in [-0.2, 0) is 65.4 Å². The molecular formula is C85H166O17P2. The Morgan fingerprint density at radius 2 is 0.442 bits per heavy atom. The molecule has 0 radical (unpaired) electrons. The van der Waals surface area contributed by atoms with Crippen molar-refractivity contribution in [2.75, 3.05) is 39.6 Å². The van der Waals surface area contributed by atoms with E-state index < -0.39 is 97.5 Å². The van der Waals surface area contributed by atoms with Crippen molar-refractivity contribution >= 4 is 39.5 Å². The summed E-state index contributed by atoms with van der Waals surface area (Å²) in [5.74, 6) is 0.202. The number of hydrogen-bond acceptors (Lipinski definition) is 15. The molecule has 0 aliphatic heterocycles. The van der Waals surface area contributed by atoms with Gasteiger partial charge in [-0.2, -0.15) is 0 Å². The van der Waals surface area contributed by atoms with Crippen LogP contribution >= 0.6 is 15.6 Å². The van der Waals surface area contributed by atoms with Crippen molar-refractivity contribution in [2.45, 2.75) is 465 Å². The first kappa shape index (κ1) is 102. The number of ether oxygens (including phenoxy) is 4. The minimum Gasteiger partial charge on any atom is -0.462 e. The second kappa shape index (κ2) is 75.1. The molecule has 104 heavy (non-hydrogen) atoms. The molecule has 2 unspecified atom stereocenters. The Balaban J connectivity index is 5.24. The Labute approximate surface area is 638 Å². The minimum absolute atomic E-state index is 0.106. The summed E-state index contributed by atoms with van der Waals surface area (Å²) in [7, 11) is -9.93. The normalized spacial score (nSPS) is 13.9. The first-order valence-electron chi connectivity index (χ1n) is 43.8. The van der Waals surface area contributed by atoms with E-state index in [1.165, 1.54) is 257 Å². The number of phosphoric acid groups is 2. The third kappa shape index (κ3) is 78.2. The zero-order valence-corrected chi connectivity index (χ0v) is 70.3. The van der Waals surface area contributed by atoms with E-state index >= 15 is 0 Å². The highest BCUT2D eigenvalue weighted by Gasteiger charge is 2.30. The van der Waals surface area contributed by atoms with E-state index in [4.69, 9.17) is 37.0 Å². The van der Waals surface area contributed by atoms with Crippen LogP contribution in [0.1, 0.15) is 447 Å². The number of esters is 4. The first-order valence-corrected chi connectivity index (χ1v) is 46.8. The number of rotatable bonds is 83. The van der Waals surface area contributed by atoms with Crippen LogP contribution in [0.2, 0.25) is 0 Å². The van der Waals surface area contributed by atoms with Crippen LogP contribution < -0.4 is 0 Å². The minimum atomic E-state index is -4.97. The van der Waals surface area contributed by atoms with Gasteiger partial charge in [0.1, 0.15) is 19.3 Å². The molecule has 0 bridgehead atoms. The van der Waals surface area contributed by atoms with Crippen LogP contribution in [-0.4, -0.2) is 96.7 Å². The molecule has 0 aliphatic carbocycles. The van der Waals surface area contributed by atoms with Crippen molar-refractivity contribution in [3.05, 3.63) is 0 Å². The molecule has 0 aliphatic rings. The molecule has 0 saturated heterocycles. The predicted molar refractivity (Wildman–Crippen MR) is 428 cm³/mol. The fourth-order valence-corrected chi connectivity index (χ4v) is 14.8. The third-order valence-corrected chi connectivity index (χ3v) is 21.8. The Bertz CT molecular complexity index is 2010. The maximum absolute atomic E-state index is 13.1. The van der Waals surface area contributed by atoms with Crippen molar-refractivity contribution < 1.29 is 80.2 Å². The molecular weight excluding hydrogens is 1350 g/mol. The van der Waals surface area contributed by atoms with E-state index in [0.29, 0.717) is 25.7 Å². The summed E-state index contributed by atoms with van der Waals surface area (Å²) >= 11 is 0. The van der Waals surface area contributed by atoms with Gasteiger partial charge >= 0.3 is 39.5 Å². The van der Waals surface area contributed by atoms with Crippen LogP contribution in [0.5, 0.6) is 0 Å². The first-order chi connectivity index (χ1) is 50.2. The van der Waals surface area contributed by atoms with E-state index in [1.807, 2.05) is 0 Å². The molecule has 0 saturated carbocycles. The topological polar surface area (TPSA) is 237 Å². The molecule has 0 amide bonds. The van der Waals surface area contributed by atoms with Gasteiger partial charge in [-0.05, 0) is 43.4 Å². The second-order valence-electron chi connectivity index (χ2n) is 32.0. The van der Waals surface area contributed by atoms with Gasteiger partial charge in [-0.25, -0.2) is 9.13 Å². The molecule has 0 aromatic carbocycles. The third-order valence-electron chi connectivity index (χ3n) is 19.9. The standard InChI is InChI=1S/C85H166O17P2/c1-8-9-10-11-12-13-14-15-16-17-18-19-20-25-28-31-39-47-54-61-68-84(89)101-80(72-95-82(87)66-59-52-45-38-30-27-24-22-21-23-26-29-35-42-49-56-63-76(2)3)74-99-103(91,92)97-70-79(86)71-98-104(93,94)100-75-81(73-96-83(88)67-60-53-46-41-34-37-44-51-58-65-78(6)7)102-85(90)69-62-55-48-40-33-32-36-43-50-57-64-77(4)5/h76-81,86H,8-75H2,1-7H3,(H,91,92)(H,93,94)/t79-,80-,81-/m1/s1. The largest absolute Gasteiger partial charge is 0.472 e. The van der Waals surface area contributed by atoms with Crippen LogP contribution in [0.25, 0.3) is 0 Å². The lowest BCUT2D eigenvalue weighted by atomic mass is 10.0. The number of aliphatic hydroxyl groups is 1. The zero-order chi connectivity index (χ0) is 76.5. The lowest BCUT2D eigenvalue weighted by Gasteiger charge is -2.21. The molecule has 0 fully saturated rings. The van der Waals surface area contributed by atoms with Gasteiger partial charge in [-0.3, -0.25) is 37.3 Å². The van der Waals surface area contributed by atoms with Gasteiger partial charge in [-0.15, -0.1) is 0 Å². The summed E-state index contributed by atoms with van der Waals surface area (Å²) < 4.78 is 68.9. The average molecular weight is 1520 g/mol. The SMILES string of the molecule is CCCCCCCCCCCCCCCCCCCCCCC(=O)O[C@H](COC(=O)CCCCCCCCCCCCCCCCCCC(C)C)COP(=O)(O)OC[C@@H](O)COP(=O)(O)OC[C@@H](COC(=O)CCCCCCCCCCCC(C)C)OC(=O)CCCCCCCCCCCCC(C)C. The maximum atomic E-state index is 13.1. The number of carbonyl (C=O) groups excluding carboxylic acids is 4. The smallest absolute Gasteiger partial charge is 0.462 e. The van der Waals surface area contributed by atoms with Gasteiger partial charge < -0.3 is 33.8 Å². The van der Waals surface area contributed by atoms with E-state index in [2.05, 4.69) is 48.5 Å². The molecule has 5 atom stereocenters. The van der Waals surface area contributed by atoms with E-state index in [0.717, 1.165) is 108 Å². The van der Waals surface area contributed by atoms with Crippen LogP contribution in [0, 0.1) is 17.8 Å². The summed E-state index contributed by atoms with van der Waals surface area (Å²) in [6.45, 7) is 12.0. The van der Waals surface area contributed by atoms with Gasteiger partial charge in [-0.1, -0.05) is 395 Å². The lowest BCUT2D eigenvalue weighted by molar-refractivity contribution is -0.161. The van der Waals surface area contributed by atoms with Crippen LogP contribution in [0.3, 0.4) is 0 Å².